The molecule has 1 amide bonds. The van der Waals surface area contributed by atoms with E-state index in [1.807, 2.05) is 18.7 Å². The number of amides is 1. The van der Waals surface area contributed by atoms with Crippen molar-refractivity contribution in [2.45, 2.75) is 65.0 Å². The summed E-state index contributed by atoms with van der Waals surface area (Å²) in [5.74, 6) is 0.664. The van der Waals surface area contributed by atoms with Crippen LogP contribution in [0, 0.1) is 13.8 Å². The van der Waals surface area contributed by atoms with Gasteiger partial charge in [0.25, 0.3) is 5.91 Å². The van der Waals surface area contributed by atoms with E-state index >= 15 is 0 Å². The van der Waals surface area contributed by atoms with Gasteiger partial charge in [-0.3, -0.25) is 9.69 Å². The number of hydrogen-bond acceptors (Lipinski definition) is 4. The maximum absolute atomic E-state index is 13.6. The minimum atomic E-state index is 0.0233. The molecule has 5 heteroatoms. The zero-order valence-electron chi connectivity index (χ0n) is 17.3. The molecule has 0 bridgehead atoms. The Bertz CT molecular complexity index is 838. The molecule has 0 N–H and O–H groups in total. The lowest BCUT2D eigenvalue weighted by Gasteiger charge is -2.48. The summed E-state index contributed by atoms with van der Waals surface area (Å²) in [6, 6.07) is 8.64. The van der Waals surface area contributed by atoms with Gasteiger partial charge in [0.05, 0.1) is 5.69 Å². The molecule has 1 spiro atoms. The van der Waals surface area contributed by atoms with E-state index < -0.39 is 0 Å². The van der Waals surface area contributed by atoms with E-state index in [4.69, 9.17) is 4.52 Å². The third-order valence-electron chi connectivity index (χ3n) is 6.50. The number of carbonyl (C=O) groups excluding carboxylic acids is 1. The van der Waals surface area contributed by atoms with Gasteiger partial charge < -0.3 is 9.42 Å². The molecule has 4 rings (SSSR count). The van der Waals surface area contributed by atoms with Crippen molar-refractivity contribution in [1.29, 1.82) is 0 Å². The van der Waals surface area contributed by atoms with E-state index in [0.717, 1.165) is 38.9 Å². The smallest absolute Gasteiger partial charge is 0.259 e. The minimum Gasteiger partial charge on any atom is -0.361 e. The highest BCUT2D eigenvalue weighted by atomic mass is 16.5. The molecule has 150 valence electrons. The molecule has 1 aromatic carbocycles. The maximum Gasteiger partial charge on any atom is 0.259 e. The van der Waals surface area contributed by atoms with E-state index in [-0.39, 0.29) is 11.4 Å². The van der Waals surface area contributed by atoms with Gasteiger partial charge in [0, 0.05) is 18.6 Å². The van der Waals surface area contributed by atoms with Gasteiger partial charge in [-0.25, -0.2) is 0 Å². The largest absolute Gasteiger partial charge is 0.361 e. The van der Waals surface area contributed by atoms with E-state index in [2.05, 4.69) is 41.2 Å². The number of nitrogens with zero attached hydrogens (tertiary/aromatic N) is 3. The Morgan fingerprint density at radius 3 is 2.71 bits per heavy atom. The van der Waals surface area contributed by atoms with Gasteiger partial charge in [-0.05, 0) is 63.7 Å². The van der Waals surface area contributed by atoms with Gasteiger partial charge in [0.1, 0.15) is 11.3 Å². The molecule has 1 fully saturated rings. The quantitative estimate of drug-likeness (QED) is 0.802. The van der Waals surface area contributed by atoms with E-state index in [1.165, 1.54) is 24.0 Å². The standard InChI is InChI=1S/C23H31N3O2/c1-4-12-26-13-8-7-11-23(26)14-19-9-5-6-10-20(19)15-25(16-23)22(27)21-17(2)24-28-18(21)3/h5-6,9-10H,4,7-8,11-16H2,1-3H3. The second-order valence-electron chi connectivity index (χ2n) is 8.47. The molecule has 28 heavy (non-hydrogen) atoms. The fraction of sp³-hybridized carbons (Fsp3) is 0.565. The molecule has 1 unspecified atom stereocenters. The number of benzene rings is 1. The van der Waals surface area contributed by atoms with Crippen LogP contribution in [-0.4, -0.2) is 46.0 Å². The van der Waals surface area contributed by atoms with Crippen molar-refractivity contribution in [1.82, 2.24) is 15.0 Å². The van der Waals surface area contributed by atoms with Crippen LogP contribution in [0.4, 0.5) is 0 Å². The van der Waals surface area contributed by atoms with Crippen molar-refractivity contribution in [3.63, 3.8) is 0 Å². The Hall–Kier alpha value is -2.14. The van der Waals surface area contributed by atoms with E-state index in [1.54, 1.807) is 0 Å². The summed E-state index contributed by atoms with van der Waals surface area (Å²) < 4.78 is 5.30. The molecule has 5 nitrogen and oxygen atoms in total. The average Bonchev–Trinajstić information content (AvgIpc) is 2.93. The molecule has 2 aromatic rings. The number of rotatable bonds is 3. The molecule has 2 aliphatic rings. The number of likely N-dealkylation sites (tertiary alicyclic amines) is 1. The second kappa shape index (κ2) is 7.70. The van der Waals surface area contributed by atoms with Crippen LogP contribution < -0.4 is 0 Å². The van der Waals surface area contributed by atoms with Crippen molar-refractivity contribution in [3.05, 3.63) is 52.4 Å². The number of carbonyl (C=O) groups is 1. The van der Waals surface area contributed by atoms with Crippen molar-refractivity contribution in [2.24, 2.45) is 0 Å². The summed E-state index contributed by atoms with van der Waals surface area (Å²) in [6.07, 6.45) is 5.79. The summed E-state index contributed by atoms with van der Waals surface area (Å²) >= 11 is 0. The fourth-order valence-corrected chi connectivity index (χ4v) is 5.15. The second-order valence-corrected chi connectivity index (χ2v) is 8.47. The van der Waals surface area contributed by atoms with Gasteiger partial charge in [0.2, 0.25) is 0 Å². The Labute approximate surface area is 167 Å². The first kappa shape index (κ1) is 19.2. The van der Waals surface area contributed by atoms with Gasteiger partial charge >= 0.3 is 0 Å². The van der Waals surface area contributed by atoms with Gasteiger partial charge in [-0.1, -0.05) is 42.8 Å². The predicted molar refractivity (Wildman–Crippen MR) is 109 cm³/mol. The number of aryl methyl sites for hydroxylation is 2. The lowest BCUT2D eigenvalue weighted by molar-refractivity contribution is 0.0157. The molecule has 0 radical (unpaired) electrons. The Balaban J connectivity index is 1.76. The summed E-state index contributed by atoms with van der Waals surface area (Å²) in [7, 11) is 0. The van der Waals surface area contributed by atoms with Crippen LogP contribution in [0.3, 0.4) is 0 Å². The molecule has 2 aliphatic heterocycles. The minimum absolute atomic E-state index is 0.0233. The third kappa shape index (κ3) is 3.37. The summed E-state index contributed by atoms with van der Waals surface area (Å²) in [5.41, 5.74) is 3.99. The maximum atomic E-state index is 13.6. The molecule has 0 saturated carbocycles. The van der Waals surface area contributed by atoms with Gasteiger partial charge in [-0.15, -0.1) is 0 Å². The topological polar surface area (TPSA) is 49.6 Å². The third-order valence-corrected chi connectivity index (χ3v) is 6.50. The van der Waals surface area contributed by atoms with Gasteiger partial charge in [-0.2, -0.15) is 0 Å². The lowest BCUT2D eigenvalue weighted by atomic mass is 9.80. The first-order valence-electron chi connectivity index (χ1n) is 10.6. The number of aromatic nitrogens is 1. The molecule has 3 heterocycles. The Morgan fingerprint density at radius 2 is 2.00 bits per heavy atom. The molecule has 0 aliphatic carbocycles. The first-order valence-corrected chi connectivity index (χ1v) is 10.6. The molecular weight excluding hydrogens is 350 g/mol. The monoisotopic (exact) mass is 381 g/mol. The van der Waals surface area contributed by atoms with Crippen LogP contribution in [0.5, 0.6) is 0 Å². The van der Waals surface area contributed by atoms with Crippen LogP contribution in [-0.2, 0) is 13.0 Å². The molecule has 1 atom stereocenters. The zero-order chi connectivity index (χ0) is 19.7. The van der Waals surface area contributed by atoms with E-state index in [9.17, 15) is 4.79 Å². The summed E-state index contributed by atoms with van der Waals surface area (Å²) in [6.45, 7) is 9.58. The average molecular weight is 382 g/mol. The molecule has 1 aromatic heterocycles. The highest BCUT2D eigenvalue weighted by molar-refractivity contribution is 5.96. The lowest BCUT2D eigenvalue weighted by Crippen LogP contribution is -2.59. The molecule has 1 saturated heterocycles. The van der Waals surface area contributed by atoms with Crippen LogP contribution in [0.2, 0.25) is 0 Å². The summed E-state index contributed by atoms with van der Waals surface area (Å²) in [4.78, 5) is 18.3. The van der Waals surface area contributed by atoms with Crippen LogP contribution in [0.15, 0.2) is 28.8 Å². The van der Waals surface area contributed by atoms with Crippen molar-refractivity contribution in [2.75, 3.05) is 19.6 Å². The highest BCUT2D eigenvalue weighted by Gasteiger charge is 2.43. The highest BCUT2D eigenvalue weighted by Crippen LogP contribution is 2.37. The SMILES string of the molecule is CCCN1CCCCC12Cc1ccccc1CN(C(=O)c1c(C)noc1C)C2. The number of hydrogen-bond donors (Lipinski definition) is 0. The Morgan fingerprint density at radius 1 is 1.21 bits per heavy atom. The Kier molecular flexibility index (Phi) is 5.28. The van der Waals surface area contributed by atoms with E-state index in [0.29, 0.717) is 23.6 Å². The van der Waals surface area contributed by atoms with Crippen LogP contribution in [0.25, 0.3) is 0 Å². The van der Waals surface area contributed by atoms with Crippen LogP contribution in [0.1, 0.15) is 65.5 Å². The normalized spacial score (nSPS) is 22.9. The van der Waals surface area contributed by atoms with Crippen molar-refractivity contribution >= 4 is 5.91 Å². The summed E-state index contributed by atoms with van der Waals surface area (Å²) in [5, 5.41) is 4.02. The number of fused-ring (bicyclic) bond motifs is 1. The van der Waals surface area contributed by atoms with Gasteiger partial charge in [0.15, 0.2) is 0 Å². The fourth-order valence-electron chi connectivity index (χ4n) is 5.15. The molecular formula is C23H31N3O2. The van der Waals surface area contributed by atoms with Crippen LogP contribution >= 0.6 is 0 Å². The van der Waals surface area contributed by atoms with Crippen molar-refractivity contribution < 1.29 is 9.32 Å². The number of piperidine rings is 1. The van der Waals surface area contributed by atoms with Crippen molar-refractivity contribution in [3.8, 4) is 0 Å². The zero-order valence-corrected chi connectivity index (χ0v) is 17.3. The first-order chi connectivity index (χ1) is 13.5. The predicted octanol–water partition coefficient (Wildman–Crippen LogP) is 4.12.